The Hall–Kier alpha value is -1.54. The van der Waals surface area contributed by atoms with Gasteiger partial charge >= 0.3 is 0 Å². The molecule has 0 atom stereocenters. The Labute approximate surface area is 207 Å². The summed E-state index contributed by atoms with van der Waals surface area (Å²) in [6.07, 6.45) is 3.73. The molecule has 0 aliphatic carbocycles. The molecule has 2 aromatic rings. The molecule has 30 heavy (non-hydrogen) atoms. The van der Waals surface area contributed by atoms with Crippen molar-refractivity contribution in [3.05, 3.63) is 70.6 Å². The summed E-state index contributed by atoms with van der Waals surface area (Å²) in [5.74, 6) is 0.0884. The smallest absolute Gasteiger partial charge is 0.279 e. The number of nitrogens with one attached hydrogen (secondary N) is 1. The number of nitrogens with zero attached hydrogens (tertiary/aromatic N) is 2. The van der Waals surface area contributed by atoms with Gasteiger partial charge in [-0.05, 0) is 58.1 Å². The second-order valence-corrected chi connectivity index (χ2v) is 8.09. The van der Waals surface area contributed by atoms with Crippen molar-refractivity contribution < 1.29 is 42.0 Å². The molecule has 5 heteroatoms. The average Bonchev–Trinajstić information content (AvgIpc) is 2.72. The molecular formula is C25H34N3OY+. The van der Waals surface area contributed by atoms with Gasteiger partial charge in [0.2, 0.25) is 0 Å². The summed E-state index contributed by atoms with van der Waals surface area (Å²) in [7, 11) is 0. The molecule has 1 fully saturated rings. The Kier molecular flexibility index (Phi) is 11.5. The van der Waals surface area contributed by atoms with Crippen LogP contribution in [0.25, 0.3) is 4.85 Å². The molecule has 2 aromatic carbocycles. The number of carbonyl (C=O) groups excluding carboxylic acids is 1. The number of amides is 1. The minimum atomic E-state index is 0. The molecule has 1 aliphatic rings. The molecule has 1 heterocycles. The topological polar surface area (TPSA) is 33.5 Å². The van der Waals surface area contributed by atoms with Crippen LogP contribution in [0.3, 0.4) is 0 Å². The van der Waals surface area contributed by atoms with Gasteiger partial charge in [-0.1, -0.05) is 48.0 Å². The van der Waals surface area contributed by atoms with Crippen LogP contribution in [0, 0.1) is 27.3 Å². The zero-order valence-corrected chi connectivity index (χ0v) is 21.7. The second-order valence-electron chi connectivity index (χ2n) is 8.09. The van der Waals surface area contributed by atoms with E-state index in [1.54, 1.807) is 0 Å². The summed E-state index contributed by atoms with van der Waals surface area (Å²) in [5, 5.41) is 3.08. The van der Waals surface area contributed by atoms with E-state index in [1.165, 1.54) is 24.8 Å². The van der Waals surface area contributed by atoms with Crippen LogP contribution in [0.5, 0.6) is 0 Å². The van der Waals surface area contributed by atoms with Crippen molar-refractivity contribution >= 4 is 17.3 Å². The molecule has 1 amide bonds. The van der Waals surface area contributed by atoms with E-state index < -0.39 is 0 Å². The Morgan fingerprint density at radius 1 is 1.03 bits per heavy atom. The van der Waals surface area contributed by atoms with Crippen LogP contribution in [0.2, 0.25) is 0 Å². The predicted molar refractivity (Wildman–Crippen MR) is 121 cm³/mol. The fourth-order valence-corrected chi connectivity index (χ4v) is 3.99. The van der Waals surface area contributed by atoms with Gasteiger partial charge in [-0.2, -0.15) is 0 Å². The Morgan fingerprint density at radius 3 is 2.03 bits per heavy atom. The fourth-order valence-electron chi connectivity index (χ4n) is 3.99. The van der Waals surface area contributed by atoms with Crippen LogP contribution in [0.15, 0.2) is 42.5 Å². The zero-order chi connectivity index (χ0) is 21.3. The minimum Gasteiger partial charge on any atom is -0.321 e. The summed E-state index contributed by atoms with van der Waals surface area (Å²) in [5.41, 5.74) is 4.73. The van der Waals surface area contributed by atoms with Gasteiger partial charge in [0, 0.05) is 38.4 Å². The van der Waals surface area contributed by atoms with Gasteiger partial charge in [0.1, 0.15) is 0 Å². The van der Waals surface area contributed by atoms with Crippen molar-refractivity contribution in [2.24, 2.45) is 0 Å². The normalized spacial score (nSPS) is 14.4. The molecule has 157 valence electrons. The van der Waals surface area contributed by atoms with Gasteiger partial charge < -0.3 is 9.80 Å². The Balaban J connectivity index is 0.000000477. The van der Waals surface area contributed by atoms with E-state index in [1.807, 2.05) is 44.2 Å². The number of piperidine rings is 1. The molecule has 0 spiro atoms. The van der Waals surface area contributed by atoms with Crippen LogP contribution in [0.1, 0.15) is 42.9 Å². The van der Waals surface area contributed by atoms with E-state index in [9.17, 15) is 4.79 Å². The molecule has 0 unspecified atom stereocenters. The number of aryl methyl sites for hydroxylation is 3. The molecule has 1 aliphatic heterocycles. The van der Waals surface area contributed by atoms with Crippen LogP contribution in [0.4, 0.5) is 11.4 Å². The maximum atomic E-state index is 12.5. The van der Waals surface area contributed by atoms with E-state index in [0.717, 1.165) is 40.9 Å². The maximum Gasteiger partial charge on any atom is 0.279 e. The monoisotopic (exact) mass is 481 g/mol. The third-order valence-electron chi connectivity index (χ3n) is 5.77. The molecule has 0 saturated carbocycles. The summed E-state index contributed by atoms with van der Waals surface area (Å²) in [4.78, 5) is 16.0. The van der Waals surface area contributed by atoms with E-state index in [2.05, 4.69) is 36.1 Å². The molecule has 1 radical (unpaired) electrons. The standard InChI is InChI=1S/C18H25N3O.C7H8.Y/c1-5-21(9-7-6-8-10-21)13-17(22)20-18-14(2)11-16(19-4)12-15(18)3;1-7-5-3-2-4-6-7;/h11-12H,5-10,13H2,1-3H3;2-6H,1H3;/p+1. The third kappa shape index (κ3) is 7.95. The average molecular weight is 481 g/mol. The third-order valence-corrected chi connectivity index (χ3v) is 5.77. The molecule has 3 rings (SSSR count). The van der Waals surface area contributed by atoms with E-state index in [-0.39, 0.29) is 38.6 Å². The fraction of sp³-hybridized carbons (Fsp3) is 0.440. The van der Waals surface area contributed by atoms with Crippen LogP contribution >= 0.6 is 0 Å². The van der Waals surface area contributed by atoms with Crippen LogP contribution < -0.4 is 5.32 Å². The van der Waals surface area contributed by atoms with Gasteiger partial charge in [-0.15, -0.1) is 0 Å². The number of likely N-dealkylation sites (tertiary alicyclic amines) is 1. The van der Waals surface area contributed by atoms with Gasteiger partial charge in [-0.25, -0.2) is 4.85 Å². The van der Waals surface area contributed by atoms with E-state index in [4.69, 9.17) is 6.57 Å². The van der Waals surface area contributed by atoms with Crippen LogP contribution in [-0.4, -0.2) is 36.6 Å². The summed E-state index contributed by atoms with van der Waals surface area (Å²) < 4.78 is 0.907. The number of carbonyl (C=O) groups is 1. The molecule has 4 nitrogen and oxygen atoms in total. The SMILES string of the molecule is Cc1ccccc1.[C-]#[N+]c1cc(C)c(NC(=O)C[N+]2(CC)CCCCC2)c(C)c1.[Y]. The molecule has 1 saturated heterocycles. The van der Waals surface area contributed by atoms with Gasteiger partial charge in [0.05, 0.1) is 26.2 Å². The molecular weight excluding hydrogens is 447 g/mol. The number of rotatable bonds is 4. The van der Waals surface area contributed by atoms with Crippen molar-refractivity contribution in [1.82, 2.24) is 0 Å². The van der Waals surface area contributed by atoms with Crippen molar-refractivity contribution in [1.29, 1.82) is 0 Å². The van der Waals surface area contributed by atoms with E-state index >= 15 is 0 Å². The van der Waals surface area contributed by atoms with Crippen molar-refractivity contribution in [2.75, 3.05) is 31.5 Å². The first-order chi connectivity index (χ1) is 13.9. The van der Waals surface area contributed by atoms with Crippen molar-refractivity contribution in [3.8, 4) is 0 Å². The zero-order valence-electron chi connectivity index (χ0n) is 18.9. The summed E-state index contributed by atoms with van der Waals surface area (Å²) >= 11 is 0. The largest absolute Gasteiger partial charge is 0.321 e. The second kappa shape index (κ2) is 13.0. The number of hydrogen-bond acceptors (Lipinski definition) is 1. The Bertz CT molecular complexity index is 829. The number of benzene rings is 2. The predicted octanol–water partition coefficient (Wildman–Crippen LogP) is 5.81. The van der Waals surface area contributed by atoms with Gasteiger partial charge in [0.15, 0.2) is 12.2 Å². The number of anilines is 1. The number of likely N-dealkylation sites (N-methyl/N-ethyl adjacent to an activating group) is 1. The minimum absolute atomic E-state index is 0. The number of quaternary nitrogens is 1. The maximum absolute atomic E-state index is 12.5. The van der Waals surface area contributed by atoms with Crippen LogP contribution in [-0.2, 0) is 37.5 Å². The van der Waals surface area contributed by atoms with E-state index in [0.29, 0.717) is 12.2 Å². The quantitative estimate of drug-likeness (QED) is 0.434. The van der Waals surface area contributed by atoms with Gasteiger partial charge in [-0.3, -0.25) is 4.79 Å². The van der Waals surface area contributed by atoms with Crippen molar-refractivity contribution in [3.63, 3.8) is 0 Å². The molecule has 0 aromatic heterocycles. The molecule has 1 N–H and O–H groups in total. The molecule has 0 bridgehead atoms. The first kappa shape index (κ1) is 26.5. The first-order valence-corrected chi connectivity index (χ1v) is 10.5. The number of hydrogen-bond donors (Lipinski definition) is 1. The van der Waals surface area contributed by atoms with Crippen molar-refractivity contribution in [2.45, 2.75) is 47.0 Å². The summed E-state index contributed by atoms with van der Waals surface area (Å²) in [6.45, 7) is 19.1. The summed E-state index contributed by atoms with van der Waals surface area (Å²) in [6, 6.07) is 13.9. The first-order valence-electron chi connectivity index (χ1n) is 10.5. The van der Waals surface area contributed by atoms with Gasteiger partial charge in [0.25, 0.3) is 5.91 Å². The Morgan fingerprint density at radius 2 is 1.60 bits per heavy atom.